The average Bonchev–Trinajstić information content (AvgIpc) is 3.10. The van der Waals surface area contributed by atoms with Crippen molar-refractivity contribution >= 4 is 15.9 Å². The largest absolute Gasteiger partial charge is 0.349 e. The second-order valence-electron chi connectivity index (χ2n) is 8.53. The Morgan fingerprint density at radius 3 is 2.45 bits per heavy atom. The van der Waals surface area contributed by atoms with Gasteiger partial charge in [0.1, 0.15) is 11.6 Å². The Bertz CT molecular complexity index is 1080. The van der Waals surface area contributed by atoms with Crippen LogP contribution >= 0.6 is 0 Å². The zero-order chi connectivity index (χ0) is 22.2. The number of benzene rings is 2. The summed E-state index contributed by atoms with van der Waals surface area (Å²) >= 11 is 0. The van der Waals surface area contributed by atoms with Gasteiger partial charge in [0.05, 0.1) is 17.9 Å². The number of nitrogens with one attached hydrogen (secondary N) is 2. The van der Waals surface area contributed by atoms with Gasteiger partial charge < -0.3 is 5.32 Å². The molecule has 8 heteroatoms. The van der Waals surface area contributed by atoms with Crippen LogP contribution in [0.1, 0.15) is 49.3 Å². The Morgan fingerprint density at radius 2 is 1.74 bits per heavy atom. The smallest absolute Gasteiger partial charge is 0.223 e. The van der Waals surface area contributed by atoms with Crippen LogP contribution in [-0.2, 0) is 21.2 Å². The highest BCUT2D eigenvalue weighted by molar-refractivity contribution is 7.88. The van der Waals surface area contributed by atoms with Gasteiger partial charge in [-0.2, -0.15) is 0 Å². The van der Waals surface area contributed by atoms with Gasteiger partial charge in [-0.1, -0.05) is 30.7 Å². The minimum atomic E-state index is -3.33. The summed E-state index contributed by atoms with van der Waals surface area (Å²) in [6, 6.07) is 8.62. The number of halogens is 2. The molecule has 5 nitrogen and oxygen atoms in total. The SMILES string of the molecule is CS(=O)(=O)NC1CCCC(C(=O)NC2CCc3cccc(-c4c(F)cccc4F)c32)C1. The lowest BCUT2D eigenvalue weighted by Crippen LogP contribution is -2.42. The fourth-order valence-electron chi connectivity index (χ4n) is 4.93. The Balaban J connectivity index is 1.56. The zero-order valence-corrected chi connectivity index (χ0v) is 18.1. The molecule has 0 aliphatic heterocycles. The molecule has 3 unspecified atom stereocenters. The van der Waals surface area contributed by atoms with Gasteiger partial charge in [0.2, 0.25) is 15.9 Å². The van der Waals surface area contributed by atoms with Gasteiger partial charge >= 0.3 is 0 Å². The normalized spacial score (nSPS) is 23.4. The van der Waals surface area contributed by atoms with E-state index in [1.165, 1.54) is 18.2 Å². The van der Waals surface area contributed by atoms with Crippen molar-refractivity contribution in [3.8, 4) is 11.1 Å². The highest BCUT2D eigenvalue weighted by Gasteiger charge is 2.33. The number of hydrogen-bond donors (Lipinski definition) is 2. The summed E-state index contributed by atoms with van der Waals surface area (Å²) in [5.74, 6) is -1.70. The van der Waals surface area contributed by atoms with Crippen molar-refractivity contribution in [2.45, 2.75) is 50.6 Å². The van der Waals surface area contributed by atoms with Crippen LogP contribution in [0.5, 0.6) is 0 Å². The third-order valence-electron chi connectivity index (χ3n) is 6.22. The summed E-state index contributed by atoms with van der Waals surface area (Å²) in [4.78, 5) is 13.0. The van der Waals surface area contributed by atoms with E-state index >= 15 is 0 Å². The van der Waals surface area contributed by atoms with E-state index < -0.39 is 21.7 Å². The highest BCUT2D eigenvalue weighted by atomic mass is 32.2. The van der Waals surface area contributed by atoms with Crippen molar-refractivity contribution in [1.29, 1.82) is 0 Å². The number of amides is 1. The molecule has 31 heavy (non-hydrogen) atoms. The van der Waals surface area contributed by atoms with E-state index in [1.807, 2.05) is 6.07 Å². The second-order valence-corrected chi connectivity index (χ2v) is 10.3. The zero-order valence-electron chi connectivity index (χ0n) is 17.3. The van der Waals surface area contributed by atoms with Crippen molar-refractivity contribution < 1.29 is 22.0 Å². The third-order valence-corrected chi connectivity index (χ3v) is 6.98. The molecule has 2 aliphatic rings. The fourth-order valence-corrected chi connectivity index (χ4v) is 5.75. The maximum atomic E-state index is 14.5. The maximum Gasteiger partial charge on any atom is 0.223 e. The van der Waals surface area contributed by atoms with Crippen molar-refractivity contribution in [2.24, 2.45) is 5.92 Å². The molecule has 0 bridgehead atoms. The lowest BCUT2D eigenvalue weighted by atomic mass is 9.85. The molecule has 1 amide bonds. The van der Waals surface area contributed by atoms with Gasteiger partial charge in [-0.25, -0.2) is 21.9 Å². The molecule has 3 atom stereocenters. The Morgan fingerprint density at radius 1 is 1.03 bits per heavy atom. The quantitative estimate of drug-likeness (QED) is 0.730. The third kappa shape index (κ3) is 4.80. The summed E-state index contributed by atoms with van der Waals surface area (Å²) in [6.45, 7) is 0. The molecule has 2 aliphatic carbocycles. The maximum absolute atomic E-state index is 14.5. The summed E-state index contributed by atoms with van der Waals surface area (Å²) in [7, 11) is -3.33. The van der Waals surface area contributed by atoms with Crippen LogP contribution in [0.2, 0.25) is 0 Å². The van der Waals surface area contributed by atoms with E-state index in [-0.39, 0.29) is 29.5 Å². The molecule has 166 valence electrons. The number of fused-ring (bicyclic) bond motifs is 1. The first kappa shape index (κ1) is 21.9. The average molecular weight is 449 g/mol. The molecule has 1 saturated carbocycles. The molecule has 4 rings (SSSR count). The minimum Gasteiger partial charge on any atom is -0.349 e. The van der Waals surface area contributed by atoms with Crippen molar-refractivity contribution in [3.05, 3.63) is 59.2 Å². The molecular formula is C23H26F2N2O3S. The van der Waals surface area contributed by atoms with E-state index in [9.17, 15) is 22.0 Å². The summed E-state index contributed by atoms with van der Waals surface area (Å²) in [5, 5.41) is 3.08. The highest BCUT2D eigenvalue weighted by Crippen LogP contribution is 2.40. The summed E-state index contributed by atoms with van der Waals surface area (Å²) in [6.07, 6.45) is 5.10. The molecule has 2 N–H and O–H groups in total. The molecular weight excluding hydrogens is 422 g/mol. The van der Waals surface area contributed by atoms with E-state index in [0.717, 1.165) is 23.8 Å². The fraction of sp³-hybridized carbons (Fsp3) is 0.435. The van der Waals surface area contributed by atoms with E-state index in [2.05, 4.69) is 10.0 Å². The molecule has 0 spiro atoms. The lowest BCUT2D eigenvalue weighted by molar-refractivity contribution is -0.126. The molecule has 2 aromatic rings. The van der Waals surface area contributed by atoms with E-state index in [4.69, 9.17) is 0 Å². The van der Waals surface area contributed by atoms with Crippen molar-refractivity contribution in [3.63, 3.8) is 0 Å². The van der Waals surface area contributed by atoms with Gasteiger partial charge in [-0.3, -0.25) is 4.79 Å². The van der Waals surface area contributed by atoms with Gasteiger partial charge in [0.25, 0.3) is 0 Å². The van der Waals surface area contributed by atoms with Crippen LogP contribution in [0.3, 0.4) is 0 Å². The predicted octanol–water partition coefficient (Wildman–Crippen LogP) is 3.84. The summed E-state index contributed by atoms with van der Waals surface area (Å²) in [5.41, 5.74) is 2.14. The van der Waals surface area contributed by atoms with Gasteiger partial charge in [0.15, 0.2) is 0 Å². The summed E-state index contributed by atoms with van der Waals surface area (Å²) < 4.78 is 54.7. The number of rotatable bonds is 5. The molecule has 0 heterocycles. The Labute approximate surface area is 181 Å². The molecule has 0 aromatic heterocycles. The van der Waals surface area contributed by atoms with Crippen LogP contribution in [0, 0.1) is 17.6 Å². The van der Waals surface area contributed by atoms with E-state index in [0.29, 0.717) is 37.7 Å². The monoisotopic (exact) mass is 448 g/mol. The first-order chi connectivity index (χ1) is 14.7. The number of carbonyl (C=O) groups is 1. The minimum absolute atomic E-state index is 0.0735. The molecule has 0 radical (unpaired) electrons. The number of carbonyl (C=O) groups excluding carboxylic acids is 1. The number of hydrogen-bond acceptors (Lipinski definition) is 3. The first-order valence-electron chi connectivity index (χ1n) is 10.6. The lowest BCUT2D eigenvalue weighted by Gasteiger charge is -2.29. The Kier molecular flexibility index (Phi) is 6.12. The van der Waals surface area contributed by atoms with Crippen LogP contribution in [-0.4, -0.2) is 26.6 Å². The first-order valence-corrected chi connectivity index (χ1v) is 12.5. The van der Waals surface area contributed by atoms with Crippen LogP contribution < -0.4 is 10.0 Å². The van der Waals surface area contributed by atoms with Crippen molar-refractivity contribution in [1.82, 2.24) is 10.0 Å². The molecule has 0 saturated heterocycles. The van der Waals surface area contributed by atoms with Gasteiger partial charge in [0, 0.05) is 12.0 Å². The van der Waals surface area contributed by atoms with Crippen LogP contribution in [0.25, 0.3) is 11.1 Å². The topological polar surface area (TPSA) is 75.3 Å². The second kappa shape index (κ2) is 8.67. The Hall–Kier alpha value is -2.32. The number of aryl methyl sites for hydroxylation is 1. The van der Waals surface area contributed by atoms with Crippen LogP contribution in [0.4, 0.5) is 8.78 Å². The predicted molar refractivity (Wildman–Crippen MR) is 115 cm³/mol. The molecule has 2 aromatic carbocycles. The van der Waals surface area contributed by atoms with Crippen molar-refractivity contribution in [2.75, 3.05) is 6.26 Å². The standard InChI is InChI=1S/C23H26F2N2O3S/c1-31(29,30)27-16-7-2-6-15(13-16)23(28)26-20-12-11-14-5-3-8-17(21(14)20)22-18(24)9-4-10-19(22)25/h3-5,8-10,15-16,20,27H,2,6-7,11-13H2,1H3,(H,26,28). The molecule has 1 fully saturated rings. The van der Waals surface area contributed by atoms with E-state index in [1.54, 1.807) is 12.1 Å². The number of sulfonamides is 1. The van der Waals surface area contributed by atoms with Gasteiger partial charge in [-0.05, 0) is 60.9 Å². The van der Waals surface area contributed by atoms with Crippen LogP contribution in [0.15, 0.2) is 36.4 Å². The van der Waals surface area contributed by atoms with Gasteiger partial charge in [-0.15, -0.1) is 0 Å².